The van der Waals surface area contributed by atoms with Crippen LogP contribution in [0.3, 0.4) is 0 Å². The normalized spacial score (nSPS) is 18.3. The molecule has 0 aliphatic carbocycles. The molecule has 0 radical (unpaired) electrons. The molecule has 280 valence electrons. The van der Waals surface area contributed by atoms with Crippen molar-refractivity contribution in [2.75, 3.05) is 55.1 Å². The topological polar surface area (TPSA) is 78.9 Å². The Kier molecular flexibility index (Phi) is 10.6. The number of rotatable bonds is 7. The first-order chi connectivity index (χ1) is 25.6. The molecule has 2 atom stereocenters. The van der Waals surface area contributed by atoms with Gasteiger partial charge in [-0.05, 0) is 128 Å². The number of esters is 1. The Morgan fingerprint density at radius 3 is 2.21 bits per heavy atom. The highest BCUT2D eigenvalue weighted by Gasteiger charge is 2.35. The van der Waals surface area contributed by atoms with E-state index in [0.29, 0.717) is 47.5 Å². The van der Waals surface area contributed by atoms with Crippen LogP contribution in [0.4, 0.5) is 0 Å². The Hall–Kier alpha value is -4.73. The van der Waals surface area contributed by atoms with Crippen LogP contribution < -0.4 is 23.7 Å². The van der Waals surface area contributed by atoms with Crippen molar-refractivity contribution in [3.63, 3.8) is 0 Å². The van der Waals surface area contributed by atoms with E-state index in [4.69, 9.17) is 28.4 Å². The summed E-state index contributed by atoms with van der Waals surface area (Å²) in [5, 5.41) is 0. The molecule has 4 aromatic rings. The molecule has 4 aromatic carbocycles. The van der Waals surface area contributed by atoms with Gasteiger partial charge in [0.15, 0.2) is 23.0 Å². The molecule has 4 aliphatic rings. The fraction of sp³-hybridized carbons (Fsp3) is 0.432. The number of ether oxygens (including phenoxy) is 6. The Labute approximate surface area is 313 Å². The van der Waals surface area contributed by atoms with E-state index in [-0.39, 0.29) is 30.4 Å². The summed E-state index contributed by atoms with van der Waals surface area (Å²) >= 11 is 0. The van der Waals surface area contributed by atoms with Crippen LogP contribution in [0.5, 0.6) is 40.2 Å². The molecule has 0 spiro atoms. The van der Waals surface area contributed by atoms with Crippen molar-refractivity contribution in [3.8, 4) is 40.2 Å². The molecular weight excluding hydrogens is 668 g/mol. The monoisotopic (exact) mass is 720 g/mol. The average Bonchev–Trinajstić information content (AvgIpc) is 3.14. The smallest absolute Gasteiger partial charge is 0.310 e. The quantitative estimate of drug-likeness (QED) is 0.176. The van der Waals surface area contributed by atoms with E-state index < -0.39 is 0 Å². The lowest BCUT2D eigenvalue weighted by molar-refractivity contribution is -0.143. The van der Waals surface area contributed by atoms with Gasteiger partial charge in [0.2, 0.25) is 5.75 Å². The minimum absolute atomic E-state index is 0.107. The van der Waals surface area contributed by atoms with Crippen LogP contribution in [-0.2, 0) is 41.6 Å². The van der Waals surface area contributed by atoms with Crippen LogP contribution >= 0.6 is 0 Å². The van der Waals surface area contributed by atoms with E-state index in [1.54, 1.807) is 21.3 Å². The lowest BCUT2D eigenvalue weighted by Gasteiger charge is -2.38. The third-order valence-corrected chi connectivity index (χ3v) is 11.0. The van der Waals surface area contributed by atoms with Crippen molar-refractivity contribution in [1.29, 1.82) is 0 Å². The molecule has 0 unspecified atom stereocenters. The van der Waals surface area contributed by atoms with Crippen LogP contribution in [0, 0.1) is 12.8 Å². The van der Waals surface area contributed by atoms with E-state index in [1.807, 2.05) is 38.1 Å². The zero-order valence-electron chi connectivity index (χ0n) is 32.3. The Bertz CT molecular complexity index is 1990. The second-order valence-corrected chi connectivity index (χ2v) is 15.1. The maximum absolute atomic E-state index is 13.2. The zero-order valence-corrected chi connectivity index (χ0v) is 32.3. The molecule has 0 fully saturated rings. The van der Waals surface area contributed by atoms with Crippen molar-refractivity contribution in [2.45, 2.75) is 65.0 Å². The van der Waals surface area contributed by atoms with Crippen LogP contribution in [0.25, 0.3) is 0 Å². The molecule has 0 N–H and O–H groups in total. The first kappa shape index (κ1) is 36.6. The maximum Gasteiger partial charge on any atom is 0.310 e. The van der Waals surface area contributed by atoms with Gasteiger partial charge in [0.25, 0.3) is 0 Å². The number of methoxy groups -OCH3 is 3. The van der Waals surface area contributed by atoms with Gasteiger partial charge in [0.1, 0.15) is 11.5 Å². The SMILES string of the molecule is COc1cc(CC(=O)OCC(C)C)c2cc1Oc1ccc(cc1)C[C@H]1c3cc(c(C)cc3CCN1C)Oc1c(OC)c(OC)cc3c1[C@H](C2)N(C)CC3. The molecule has 4 aliphatic heterocycles. The van der Waals surface area contributed by atoms with E-state index in [2.05, 4.69) is 61.2 Å². The molecule has 0 saturated heterocycles. The number of benzene rings is 4. The van der Waals surface area contributed by atoms with E-state index >= 15 is 0 Å². The number of aryl methyl sites for hydroxylation is 1. The lowest BCUT2D eigenvalue weighted by Crippen LogP contribution is -2.34. The Morgan fingerprint density at radius 2 is 1.51 bits per heavy atom. The van der Waals surface area contributed by atoms with Gasteiger partial charge in [-0.2, -0.15) is 0 Å². The maximum atomic E-state index is 13.2. The van der Waals surface area contributed by atoms with Gasteiger partial charge < -0.3 is 28.4 Å². The lowest BCUT2D eigenvalue weighted by atomic mass is 9.85. The molecule has 9 heteroatoms. The number of nitrogens with zero attached hydrogens (tertiary/aromatic N) is 2. The van der Waals surface area contributed by atoms with Crippen molar-refractivity contribution >= 4 is 5.97 Å². The summed E-state index contributed by atoms with van der Waals surface area (Å²) in [7, 11) is 9.32. The third kappa shape index (κ3) is 7.42. The zero-order chi connectivity index (χ0) is 37.4. The fourth-order valence-electron chi connectivity index (χ4n) is 8.05. The minimum Gasteiger partial charge on any atom is -0.493 e. The number of hydrogen-bond donors (Lipinski definition) is 0. The average molecular weight is 721 g/mol. The number of likely N-dealkylation sites (N-methyl/N-ethyl adjacent to an activating group) is 2. The summed E-state index contributed by atoms with van der Waals surface area (Å²) in [6, 6.07) is 19.0. The number of carbonyl (C=O) groups excluding carboxylic acids is 1. The summed E-state index contributed by atoms with van der Waals surface area (Å²) in [5.74, 6) is 4.46. The Balaban J connectivity index is 1.44. The van der Waals surface area contributed by atoms with Crippen LogP contribution in [0.15, 0.2) is 54.6 Å². The molecule has 0 aromatic heterocycles. The van der Waals surface area contributed by atoms with Gasteiger partial charge in [0.05, 0.1) is 34.4 Å². The van der Waals surface area contributed by atoms with Crippen LogP contribution in [-0.4, -0.2) is 70.9 Å². The van der Waals surface area contributed by atoms with E-state index in [9.17, 15) is 4.79 Å². The standard InChI is InChI=1S/C44H52N2O7/c1-26(2)25-51-41(47)23-32-21-38(48-6)39-22-31(32)19-36-42-30(14-16-46(36)5)20-40(49-7)43(50-8)44(42)53-37-24-34-29(17-27(37)3)13-15-45(4)35(34)18-28-9-11-33(52-39)12-10-28/h9-12,17,20-22,24,26,35-36H,13-16,18-19,23,25H2,1-8H3/t35-,36-/m0/s1. The van der Waals surface area contributed by atoms with Gasteiger partial charge in [-0.25, -0.2) is 0 Å². The first-order valence-corrected chi connectivity index (χ1v) is 18.7. The van der Waals surface area contributed by atoms with Gasteiger partial charge in [0, 0.05) is 30.7 Å². The van der Waals surface area contributed by atoms with E-state index in [1.165, 1.54) is 16.7 Å². The summed E-state index contributed by atoms with van der Waals surface area (Å²) in [4.78, 5) is 18.0. The van der Waals surface area contributed by atoms with Crippen molar-refractivity contribution in [3.05, 3.63) is 99.1 Å². The minimum atomic E-state index is -0.277. The number of carbonyl (C=O) groups is 1. The number of hydrogen-bond acceptors (Lipinski definition) is 9. The second kappa shape index (κ2) is 15.3. The molecule has 0 saturated carbocycles. The summed E-state index contributed by atoms with van der Waals surface area (Å²) in [6.07, 6.45) is 3.31. The third-order valence-electron chi connectivity index (χ3n) is 11.0. The molecule has 53 heavy (non-hydrogen) atoms. The van der Waals surface area contributed by atoms with Crippen molar-refractivity contribution in [2.24, 2.45) is 5.92 Å². The molecule has 4 heterocycles. The summed E-state index contributed by atoms with van der Waals surface area (Å²) < 4.78 is 37.3. The van der Waals surface area contributed by atoms with Gasteiger partial charge in [-0.3, -0.25) is 14.6 Å². The van der Waals surface area contributed by atoms with Crippen molar-refractivity contribution < 1.29 is 33.2 Å². The fourth-order valence-corrected chi connectivity index (χ4v) is 8.05. The number of fused-ring (bicyclic) bond motifs is 2. The second-order valence-electron chi connectivity index (χ2n) is 15.1. The first-order valence-electron chi connectivity index (χ1n) is 18.7. The summed E-state index contributed by atoms with van der Waals surface area (Å²) in [6.45, 7) is 8.37. The summed E-state index contributed by atoms with van der Waals surface area (Å²) in [5.41, 5.74) is 8.90. The highest BCUT2D eigenvalue weighted by Crippen LogP contribution is 2.51. The predicted octanol–water partition coefficient (Wildman–Crippen LogP) is 8.20. The van der Waals surface area contributed by atoms with Crippen molar-refractivity contribution in [1.82, 2.24) is 9.80 Å². The van der Waals surface area contributed by atoms with Gasteiger partial charge in [-0.15, -0.1) is 0 Å². The molecule has 8 rings (SSSR count). The Morgan fingerprint density at radius 1 is 0.792 bits per heavy atom. The largest absolute Gasteiger partial charge is 0.493 e. The van der Waals surface area contributed by atoms with Crippen LogP contribution in [0.1, 0.15) is 70.4 Å². The molecule has 0 amide bonds. The van der Waals surface area contributed by atoms with Crippen LogP contribution in [0.2, 0.25) is 0 Å². The predicted molar refractivity (Wildman–Crippen MR) is 205 cm³/mol. The van der Waals surface area contributed by atoms with E-state index in [0.717, 1.165) is 65.9 Å². The van der Waals surface area contributed by atoms with Gasteiger partial charge in [-0.1, -0.05) is 32.0 Å². The highest BCUT2D eigenvalue weighted by molar-refractivity contribution is 5.74. The molecule has 9 nitrogen and oxygen atoms in total. The molecule has 6 bridgehead atoms. The highest BCUT2D eigenvalue weighted by atomic mass is 16.5. The van der Waals surface area contributed by atoms with Gasteiger partial charge >= 0.3 is 5.97 Å². The molecular formula is C44H52N2O7.